The Morgan fingerprint density at radius 3 is 2.48 bits per heavy atom. The second kappa shape index (κ2) is 11.2. The van der Waals surface area contributed by atoms with Crippen molar-refractivity contribution in [3.8, 4) is 0 Å². The van der Waals surface area contributed by atoms with Crippen molar-refractivity contribution in [3.05, 3.63) is 83.4 Å². The average molecular weight is 598 g/mol. The van der Waals surface area contributed by atoms with Crippen LogP contribution in [-0.2, 0) is 30.4 Å². The number of aldehydes is 1. The minimum Gasteiger partial charge on any atom is -0.460 e. The van der Waals surface area contributed by atoms with Gasteiger partial charge in [-0.3, -0.25) is 9.69 Å². The summed E-state index contributed by atoms with van der Waals surface area (Å²) in [6.45, 7) is 8.69. The summed E-state index contributed by atoms with van der Waals surface area (Å²) < 4.78 is 19.8. The molecular formula is C38H47NO5. The summed E-state index contributed by atoms with van der Waals surface area (Å²) in [5.74, 6) is 1.03. The highest BCUT2D eigenvalue weighted by Gasteiger charge is 2.84. The van der Waals surface area contributed by atoms with Crippen LogP contribution in [0.15, 0.2) is 72.3 Å². The molecule has 0 N–H and O–H groups in total. The lowest BCUT2D eigenvalue weighted by atomic mass is 9.43. The number of likely N-dealkylation sites (N-methyl/N-ethyl adjacent to an activating group) is 1. The second-order valence-electron chi connectivity index (χ2n) is 14.7. The van der Waals surface area contributed by atoms with Gasteiger partial charge in [0, 0.05) is 18.5 Å². The van der Waals surface area contributed by atoms with E-state index in [0.29, 0.717) is 31.4 Å². The Morgan fingerprint density at radius 2 is 1.77 bits per heavy atom. The molecule has 3 saturated carbocycles. The van der Waals surface area contributed by atoms with Crippen molar-refractivity contribution in [3.63, 3.8) is 0 Å². The third-order valence-electron chi connectivity index (χ3n) is 12.3. The molecular weight excluding hydrogens is 550 g/mol. The summed E-state index contributed by atoms with van der Waals surface area (Å²) >= 11 is 0. The Morgan fingerprint density at radius 1 is 1.05 bits per heavy atom. The van der Waals surface area contributed by atoms with Gasteiger partial charge in [0.1, 0.15) is 18.3 Å². The van der Waals surface area contributed by atoms with Crippen molar-refractivity contribution in [2.75, 3.05) is 26.7 Å². The van der Waals surface area contributed by atoms with Crippen LogP contribution in [0.25, 0.3) is 0 Å². The van der Waals surface area contributed by atoms with Crippen molar-refractivity contribution in [2.45, 2.75) is 65.5 Å². The Balaban J connectivity index is 1.27. The Labute approximate surface area is 262 Å². The van der Waals surface area contributed by atoms with E-state index in [0.717, 1.165) is 42.5 Å². The van der Waals surface area contributed by atoms with E-state index < -0.39 is 22.5 Å². The van der Waals surface area contributed by atoms with Gasteiger partial charge < -0.3 is 19.0 Å². The summed E-state index contributed by atoms with van der Waals surface area (Å²) in [7, 11) is 2.11. The number of hydrogen-bond donors (Lipinski definition) is 0. The molecule has 9 atom stereocenters. The molecule has 0 radical (unpaired) electrons. The molecule has 6 heteroatoms. The van der Waals surface area contributed by atoms with Gasteiger partial charge in [0.05, 0.1) is 18.1 Å². The number of carbonyl (C=O) groups excluding carboxylic acids is 2. The number of rotatable bonds is 9. The molecule has 0 aromatic heterocycles. The summed E-state index contributed by atoms with van der Waals surface area (Å²) in [4.78, 5) is 31.0. The number of esters is 1. The number of fused-ring (bicyclic) bond motifs is 2. The molecule has 2 aromatic rings. The minimum absolute atomic E-state index is 0.0819. The number of allylic oxidation sites excluding steroid dienone is 1. The number of benzene rings is 2. The van der Waals surface area contributed by atoms with Crippen molar-refractivity contribution in [2.24, 2.45) is 45.8 Å². The SMILES string of the molecule is CC(C)C1=C[C@H]2C[C@@]3(C=O)[C@@H]4CC[C@@H](C)[C@H]4C[C@@]2(CO[C@H]2CN(C)CC(c4ccccc4)O2)[C@]13C(=O)OCc1ccccc1. The molecule has 5 aliphatic rings. The van der Waals surface area contributed by atoms with Gasteiger partial charge in [-0.2, -0.15) is 0 Å². The molecule has 1 unspecified atom stereocenters. The Bertz CT molecular complexity index is 1410. The molecule has 44 heavy (non-hydrogen) atoms. The van der Waals surface area contributed by atoms with E-state index >= 15 is 0 Å². The molecule has 1 heterocycles. The van der Waals surface area contributed by atoms with E-state index in [1.54, 1.807) is 0 Å². The highest BCUT2D eigenvalue weighted by atomic mass is 16.7. The van der Waals surface area contributed by atoms with Gasteiger partial charge in [0.15, 0.2) is 6.29 Å². The van der Waals surface area contributed by atoms with E-state index in [1.165, 1.54) is 6.29 Å². The number of hydrogen-bond acceptors (Lipinski definition) is 6. The van der Waals surface area contributed by atoms with E-state index in [-0.39, 0.29) is 36.4 Å². The predicted molar refractivity (Wildman–Crippen MR) is 168 cm³/mol. The van der Waals surface area contributed by atoms with E-state index in [4.69, 9.17) is 14.2 Å². The van der Waals surface area contributed by atoms with Crippen LogP contribution in [-0.4, -0.2) is 50.2 Å². The number of carbonyl (C=O) groups is 2. The molecule has 7 rings (SSSR count). The standard InChI is InChI=1S/C38H47NO5/c1-25(2)32-17-29-18-36(23-40)31-16-15-26(3)30(31)19-37(29,38(32,36)35(41)42-22-27-11-7-5-8-12-27)24-43-34-21-39(4)20-33(44-34)28-13-9-6-10-14-28/h5-14,17,23,25-26,29-31,33-34H,15-16,18-22,24H2,1-4H3/t26-,29+,30-,31-,33?,34-,36-,37+,38+/m1/s1. The topological polar surface area (TPSA) is 65.1 Å². The molecule has 4 fully saturated rings. The lowest BCUT2D eigenvalue weighted by molar-refractivity contribution is -0.239. The number of nitrogens with zero attached hydrogens (tertiary/aromatic N) is 1. The normalized spacial score (nSPS) is 39.2. The fraction of sp³-hybridized carbons (Fsp3) is 0.579. The fourth-order valence-electron chi connectivity index (χ4n) is 10.5. The molecule has 1 saturated heterocycles. The van der Waals surface area contributed by atoms with Crippen LogP contribution in [0.2, 0.25) is 0 Å². The summed E-state index contributed by atoms with van der Waals surface area (Å²) in [5, 5.41) is 0. The van der Waals surface area contributed by atoms with Gasteiger partial charge in [-0.15, -0.1) is 0 Å². The highest BCUT2D eigenvalue weighted by molar-refractivity contribution is 5.91. The van der Waals surface area contributed by atoms with Gasteiger partial charge >= 0.3 is 5.97 Å². The molecule has 234 valence electrons. The molecule has 4 bridgehead atoms. The fourth-order valence-corrected chi connectivity index (χ4v) is 10.5. The molecule has 2 aromatic carbocycles. The minimum atomic E-state index is -1.04. The highest BCUT2D eigenvalue weighted by Crippen LogP contribution is 2.83. The number of ether oxygens (including phenoxy) is 3. The van der Waals surface area contributed by atoms with Crippen LogP contribution in [0, 0.1) is 45.8 Å². The summed E-state index contributed by atoms with van der Waals surface area (Å²) in [6, 6.07) is 20.2. The van der Waals surface area contributed by atoms with E-state index in [2.05, 4.69) is 50.9 Å². The van der Waals surface area contributed by atoms with Gasteiger partial charge in [0.25, 0.3) is 0 Å². The Hall–Kier alpha value is -2.80. The zero-order valence-electron chi connectivity index (χ0n) is 26.6. The third kappa shape index (κ3) is 4.24. The maximum atomic E-state index is 15.0. The van der Waals surface area contributed by atoms with Gasteiger partial charge in [0.2, 0.25) is 0 Å². The molecule has 1 aliphatic heterocycles. The van der Waals surface area contributed by atoms with Crippen molar-refractivity contribution >= 4 is 12.3 Å². The van der Waals surface area contributed by atoms with Crippen LogP contribution < -0.4 is 0 Å². The third-order valence-corrected chi connectivity index (χ3v) is 12.3. The first-order valence-corrected chi connectivity index (χ1v) is 16.7. The molecule has 4 aliphatic carbocycles. The van der Waals surface area contributed by atoms with E-state index in [9.17, 15) is 9.59 Å². The largest absolute Gasteiger partial charge is 0.460 e. The van der Waals surface area contributed by atoms with Crippen molar-refractivity contribution in [1.29, 1.82) is 0 Å². The second-order valence-corrected chi connectivity index (χ2v) is 14.7. The van der Waals surface area contributed by atoms with Gasteiger partial charge in [-0.25, -0.2) is 0 Å². The first kappa shape index (κ1) is 29.9. The van der Waals surface area contributed by atoms with Crippen molar-refractivity contribution in [1.82, 2.24) is 4.90 Å². The lowest BCUT2D eigenvalue weighted by Crippen LogP contribution is -2.64. The maximum Gasteiger partial charge on any atom is 0.318 e. The zero-order chi connectivity index (χ0) is 30.7. The maximum absolute atomic E-state index is 15.0. The quantitative estimate of drug-likeness (QED) is 0.184. The van der Waals surface area contributed by atoms with Crippen LogP contribution in [0.5, 0.6) is 0 Å². The molecule has 0 spiro atoms. The predicted octanol–water partition coefficient (Wildman–Crippen LogP) is 6.62. The van der Waals surface area contributed by atoms with Gasteiger partial charge in [-0.1, -0.05) is 99.5 Å². The molecule has 0 amide bonds. The molecule has 6 nitrogen and oxygen atoms in total. The lowest BCUT2D eigenvalue weighted by Gasteiger charge is -2.59. The van der Waals surface area contributed by atoms with E-state index in [1.807, 2.05) is 48.5 Å². The monoisotopic (exact) mass is 597 g/mol. The van der Waals surface area contributed by atoms with Crippen LogP contribution in [0.3, 0.4) is 0 Å². The average Bonchev–Trinajstić information content (AvgIpc) is 3.61. The van der Waals surface area contributed by atoms with Gasteiger partial charge in [-0.05, 0) is 67.0 Å². The number of morpholine rings is 1. The van der Waals surface area contributed by atoms with Crippen LogP contribution in [0.4, 0.5) is 0 Å². The first-order valence-electron chi connectivity index (χ1n) is 16.7. The van der Waals surface area contributed by atoms with Crippen LogP contribution in [0.1, 0.15) is 63.7 Å². The summed E-state index contributed by atoms with van der Waals surface area (Å²) in [5.41, 5.74) is 0.797. The Kier molecular flexibility index (Phi) is 7.62. The van der Waals surface area contributed by atoms with Crippen LogP contribution >= 0.6 is 0 Å². The van der Waals surface area contributed by atoms with Crippen molar-refractivity contribution < 1.29 is 23.8 Å². The first-order chi connectivity index (χ1) is 21.3. The zero-order valence-corrected chi connectivity index (χ0v) is 26.6. The smallest absolute Gasteiger partial charge is 0.318 e. The summed E-state index contributed by atoms with van der Waals surface area (Å²) in [6.07, 6.45) is 6.68.